The molecule has 14 aromatic rings. The van der Waals surface area contributed by atoms with E-state index in [2.05, 4.69) is 147 Å². The van der Waals surface area contributed by atoms with Gasteiger partial charge in [0.1, 0.15) is 17.2 Å². The van der Waals surface area contributed by atoms with E-state index in [9.17, 15) is 11.8 Å². The Labute approximate surface area is 383 Å². The maximum atomic E-state index is 11.9. The smallest absolute Gasteiger partial charge is 0.220 e. The van der Waals surface area contributed by atoms with Gasteiger partial charge in [-0.2, -0.15) is 5.26 Å². The summed E-state index contributed by atoms with van der Waals surface area (Å²) in [5.41, 5.74) is 13.6. The van der Waals surface area contributed by atoms with Gasteiger partial charge in [0.15, 0.2) is 0 Å². The first kappa shape index (κ1) is 36.9. The molecule has 0 N–H and O–H groups in total. The first-order valence-corrected chi connectivity index (χ1v) is 22.3. The molecule has 6 heteroatoms. The molecule has 6 nitrogen and oxygen atoms in total. The first-order chi connectivity index (χ1) is 33.2. The molecule has 0 saturated heterocycles. The first-order valence-electron chi connectivity index (χ1n) is 22.3. The highest BCUT2D eigenvalue weighted by Gasteiger charge is 2.32. The minimum absolute atomic E-state index is 0.393. The van der Waals surface area contributed by atoms with E-state index in [0.717, 1.165) is 115 Å². The highest BCUT2D eigenvalue weighted by atomic mass is 16.3. The van der Waals surface area contributed by atoms with Crippen LogP contribution in [0.1, 0.15) is 5.56 Å². The summed E-state index contributed by atoms with van der Waals surface area (Å²) in [6.45, 7) is 9.24. The number of para-hydroxylation sites is 2. The van der Waals surface area contributed by atoms with Crippen LogP contribution in [0.15, 0.2) is 205 Å². The van der Waals surface area contributed by atoms with Crippen molar-refractivity contribution in [2.24, 2.45) is 0 Å². The van der Waals surface area contributed by atoms with Crippen LogP contribution in [-0.2, 0) is 0 Å². The second-order valence-corrected chi connectivity index (χ2v) is 17.1. The van der Waals surface area contributed by atoms with Crippen molar-refractivity contribution in [2.75, 3.05) is 0 Å². The van der Waals surface area contributed by atoms with Crippen molar-refractivity contribution in [2.45, 2.75) is 0 Å². The predicted octanol–water partition coefficient (Wildman–Crippen LogP) is 16.3. The molecule has 0 aliphatic rings. The third-order valence-electron chi connectivity index (χ3n) is 13.8. The van der Waals surface area contributed by atoms with Crippen molar-refractivity contribution in [3.8, 4) is 50.8 Å². The average molecular weight is 852 g/mol. The Morgan fingerprint density at radius 3 is 1.87 bits per heavy atom. The summed E-state index contributed by atoms with van der Waals surface area (Å²) in [7, 11) is 0. The fourth-order valence-corrected chi connectivity index (χ4v) is 11.1. The Hall–Kier alpha value is -9.49. The number of pyridine rings is 1. The minimum Gasteiger partial charge on any atom is -0.456 e. The number of hydrogen-bond donors (Lipinski definition) is 0. The van der Waals surface area contributed by atoms with Crippen LogP contribution in [0.25, 0.3) is 137 Å². The van der Waals surface area contributed by atoms with E-state index in [1.54, 1.807) is 0 Å². The molecule has 0 aliphatic carbocycles. The van der Waals surface area contributed by atoms with E-state index in [1.807, 2.05) is 72.9 Å². The SMILES string of the molecule is [C-]#[N+]c1c(-c2ccccc2)c(C#N)c(-n2c3ccccc3c3ccc(-c4cccc5oc6ccccc6c45)cc32)c(-c2ccccc2)c1-n1c2cccc3c4ccccc4c4nccc1c4c32. The summed E-state index contributed by atoms with van der Waals surface area (Å²) in [6, 6.07) is 69.5. The van der Waals surface area contributed by atoms with Crippen LogP contribution in [0.2, 0.25) is 0 Å². The van der Waals surface area contributed by atoms with Gasteiger partial charge < -0.3 is 13.6 Å². The standard InChI is InChI=1S/C61H33N5O/c1-63-59-53(36-16-4-2-5-17-36)46(35-62)60(65-47-26-12-10-21-41(47)42-31-30-38(34-50(42)65)39-24-15-29-52-55(39)45-23-11-13-28-51(45)67-52)54(37-18-6-3-7-19-37)61(59)66-48-27-14-25-43-40-20-8-9-22-44(40)58-57(56(43)48)49(66)32-33-64-58/h2-34H. The second kappa shape index (κ2) is 14.0. The number of fused-ring (bicyclic) bond motifs is 9. The van der Waals surface area contributed by atoms with Crippen molar-refractivity contribution in [3.63, 3.8) is 0 Å². The van der Waals surface area contributed by atoms with Crippen LogP contribution >= 0.6 is 0 Å². The van der Waals surface area contributed by atoms with Crippen molar-refractivity contribution in [3.05, 3.63) is 217 Å². The van der Waals surface area contributed by atoms with E-state index in [-0.39, 0.29) is 0 Å². The Bertz CT molecular complexity index is 4380. The molecule has 0 fully saturated rings. The lowest BCUT2D eigenvalue weighted by molar-refractivity contribution is 0.669. The third-order valence-corrected chi connectivity index (χ3v) is 13.8. The predicted molar refractivity (Wildman–Crippen MR) is 274 cm³/mol. The monoisotopic (exact) mass is 851 g/mol. The highest BCUT2D eigenvalue weighted by molar-refractivity contribution is 6.34. The fraction of sp³-hybridized carbons (Fsp3) is 0. The molecule has 10 aromatic carbocycles. The van der Waals surface area contributed by atoms with Gasteiger partial charge in [-0.1, -0.05) is 158 Å². The van der Waals surface area contributed by atoms with Crippen LogP contribution in [0.4, 0.5) is 5.69 Å². The van der Waals surface area contributed by atoms with Crippen molar-refractivity contribution in [1.82, 2.24) is 14.1 Å². The molecule has 308 valence electrons. The van der Waals surface area contributed by atoms with Gasteiger partial charge >= 0.3 is 0 Å². The molecule has 0 atom stereocenters. The Morgan fingerprint density at radius 2 is 1.07 bits per heavy atom. The van der Waals surface area contributed by atoms with Gasteiger partial charge in [-0.15, -0.1) is 0 Å². The quantitative estimate of drug-likeness (QED) is 0.128. The van der Waals surface area contributed by atoms with Gasteiger partial charge in [-0.25, -0.2) is 4.85 Å². The van der Waals surface area contributed by atoms with E-state index in [4.69, 9.17) is 9.40 Å². The summed E-state index contributed by atoms with van der Waals surface area (Å²) < 4.78 is 11.0. The number of furan rings is 1. The maximum absolute atomic E-state index is 11.9. The molecule has 0 saturated carbocycles. The van der Waals surface area contributed by atoms with Crippen LogP contribution in [-0.4, -0.2) is 14.1 Å². The largest absolute Gasteiger partial charge is 0.456 e. The molecule has 0 spiro atoms. The number of aromatic nitrogens is 3. The van der Waals surface area contributed by atoms with E-state index >= 15 is 0 Å². The maximum Gasteiger partial charge on any atom is 0.220 e. The molecule has 0 amide bonds. The zero-order chi connectivity index (χ0) is 44.3. The topological polar surface area (TPSA) is 64.0 Å². The zero-order valence-electron chi connectivity index (χ0n) is 35.7. The molecule has 0 radical (unpaired) electrons. The zero-order valence-corrected chi connectivity index (χ0v) is 35.7. The lowest BCUT2D eigenvalue weighted by Crippen LogP contribution is -2.08. The summed E-state index contributed by atoms with van der Waals surface area (Å²) in [6.07, 6.45) is 1.88. The molecular formula is C61H33N5O. The average Bonchev–Trinajstić information content (AvgIpc) is 4.06. The number of nitrogens with zero attached hydrogens (tertiary/aromatic N) is 5. The van der Waals surface area contributed by atoms with Gasteiger partial charge in [0.25, 0.3) is 0 Å². The van der Waals surface area contributed by atoms with Gasteiger partial charge in [0.2, 0.25) is 5.69 Å². The Balaban J connectivity index is 1.21. The van der Waals surface area contributed by atoms with Crippen molar-refractivity contribution < 1.29 is 4.42 Å². The Morgan fingerprint density at radius 1 is 0.463 bits per heavy atom. The van der Waals surface area contributed by atoms with Crippen molar-refractivity contribution >= 4 is 92.9 Å². The second-order valence-electron chi connectivity index (χ2n) is 17.1. The summed E-state index contributed by atoms with van der Waals surface area (Å²) in [5.74, 6) is 0. The van der Waals surface area contributed by atoms with Crippen LogP contribution < -0.4 is 0 Å². The summed E-state index contributed by atoms with van der Waals surface area (Å²) in [5, 5.41) is 21.5. The van der Waals surface area contributed by atoms with Gasteiger partial charge in [0.05, 0.1) is 51.1 Å². The molecule has 0 unspecified atom stereocenters. The van der Waals surface area contributed by atoms with E-state index < -0.39 is 0 Å². The summed E-state index contributed by atoms with van der Waals surface area (Å²) >= 11 is 0. The number of hydrogen-bond acceptors (Lipinski definition) is 3. The molecular weight excluding hydrogens is 819 g/mol. The van der Waals surface area contributed by atoms with Crippen molar-refractivity contribution in [1.29, 1.82) is 5.26 Å². The van der Waals surface area contributed by atoms with E-state index in [0.29, 0.717) is 28.2 Å². The number of nitriles is 1. The highest BCUT2D eigenvalue weighted by Crippen LogP contribution is 2.53. The molecule has 0 aliphatic heterocycles. The molecule has 67 heavy (non-hydrogen) atoms. The number of benzene rings is 10. The molecule has 0 bridgehead atoms. The van der Waals surface area contributed by atoms with E-state index in [1.165, 1.54) is 0 Å². The number of rotatable bonds is 5. The normalized spacial score (nSPS) is 11.9. The molecule has 4 aromatic heterocycles. The van der Waals surface area contributed by atoms with Gasteiger partial charge in [-0.05, 0) is 69.4 Å². The lowest BCUT2D eigenvalue weighted by Gasteiger charge is -2.25. The van der Waals surface area contributed by atoms with Gasteiger partial charge in [0, 0.05) is 55.0 Å². The van der Waals surface area contributed by atoms with Crippen LogP contribution in [0.3, 0.4) is 0 Å². The minimum atomic E-state index is 0.393. The summed E-state index contributed by atoms with van der Waals surface area (Å²) in [4.78, 5) is 9.55. The van der Waals surface area contributed by atoms with Crippen LogP contribution in [0, 0.1) is 17.9 Å². The Kier molecular flexibility index (Phi) is 7.72. The fourth-order valence-electron chi connectivity index (χ4n) is 11.1. The van der Waals surface area contributed by atoms with Gasteiger partial charge in [-0.3, -0.25) is 4.98 Å². The molecule has 4 heterocycles. The molecule has 14 rings (SSSR count). The lowest BCUT2D eigenvalue weighted by atomic mass is 9.88. The van der Waals surface area contributed by atoms with Crippen LogP contribution in [0.5, 0.6) is 0 Å². The third kappa shape index (κ3) is 5.04.